The van der Waals surface area contributed by atoms with Gasteiger partial charge in [-0.25, -0.2) is 8.42 Å². The SMILES string of the molecule is CC(=O)N1CCN(C(=O)c2cc(NC3CCS(=O)(=O)C3)ccn2)CC1. The van der Waals surface area contributed by atoms with Crippen molar-refractivity contribution in [3.8, 4) is 0 Å². The van der Waals surface area contributed by atoms with Crippen molar-refractivity contribution < 1.29 is 18.0 Å². The van der Waals surface area contributed by atoms with Crippen LogP contribution in [0.4, 0.5) is 5.69 Å². The van der Waals surface area contributed by atoms with E-state index < -0.39 is 9.84 Å². The lowest BCUT2D eigenvalue weighted by molar-refractivity contribution is -0.130. The fourth-order valence-electron chi connectivity index (χ4n) is 3.17. The summed E-state index contributed by atoms with van der Waals surface area (Å²) in [5.74, 6) is 0.155. The van der Waals surface area contributed by atoms with E-state index in [1.165, 1.54) is 6.92 Å². The summed E-state index contributed by atoms with van der Waals surface area (Å²) < 4.78 is 23.1. The zero-order valence-corrected chi connectivity index (χ0v) is 15.0. The van der Waals surface area contributed by atoms with Gasteiger partial charge in [0.05, 0.1) is 11.5 Å². The number of carbonyl (C=O) groups is 2. The average molecular weight is 366 g/mol. The summed E-state index contributed by atoms with van der Waals surface area (Å²) in [5, 5.41) is 3.17. The number of aromatic nitrogens is 1. The smallest absolute Gasteiger partial charge is 0.272 e. The summed E-state index contributed by atoms with van der Waals surface area (Å²) in [4.78, 5) is 31.5. The van der Waals surface area contributed by atoms with E-state index in [9.17, 15) is 18.0 Å². The van der Waals surface area contributed by atoms with E-state index in [0.29, 0.717) is 44.0 Å². The van der Waals surface area contributed by atoms with E-state index in [4.69, 9.17) is 0 Å². The largest absolute Gasteiger partial charge is 0.381 e. The molecule has 2 fully saturated rings. The van der Waals surface area contributed by atoms with E-state index in [0.717, 1.165) is 0 Å². The van der Waals surface area contributed by atoms with Crippen LogP contribution in [-0.4, -0.2) is 78.7 Å². The fraction of sp³-hybridized carbons (Fsp3) is 0.562. The number of hydrogen-bond acceptors (Lipinski definition) is 6. The lowest BCUT2D eigenvalue weighted by atomic mass is 10.2. The molecule has 2 aliphatic heterocycles. The Labute approximate surface area is 147 Å². The Kier molecular flexibility index (Phi) is 4.94. The van der Waals surface area contributed by atoms with Gasteiger partial charge < -0.3 is 15.1 Å². The minimum absolute atomic E-state index is 0.0166. The third-order valence-electron chi connectivity index (χ3n) is 4.59. The molecule has 0 bridgehead atoms. The Morgan fingerprint density at radius 1 is 1.20 bits per heavy atom. The molecule has 25 heavy (non-hydrogen) atoms. The highest BCUT2D eigenvalue weighted by atomic mass is 32.2. The molecule has 2 amide bonds. The van der Waals surface area contributed by atoms with Gasteiger partial charge in [0.25, 0.3) is 5.91 Å². The van der Waals surface area contributed by atoms with Crippen LogP contribution in [0.25, 0.3) is 0 Å². The van der Waals surface area contributed by atoms with Crippen molar-refractivity contribution in [2.75, 3.05) is 43.0 Å². The molecule has 2 aliphatic rings. The maximum Gasteiger partial charge on any atom is 0.272 e. The Balaban J connectivity index is 1.63. The number of nitrogens with zero attached hydrogens (tertiary/aromatic N) is 3. The van der Waals surface area contributed by atoms with Crippen LogP contribution in [0.2, 0.25) is 0 Å². The van der Waals surface area contributed by atoms with Crippen molar-refractivity contribution in [2.24, 2.45) is 0 Å². The van der Waals surface area contributed by atoms with Crippen LogP contribution < -0.4 is 5.32 Å². The number of sulfone groups is 1. The van der Waals surface area contributed by atoms with E-state index in [1.54, 1.807) is 28.1 Å². The van der Waals surface area contributed by atoms with Crippen molar-refractivity contribution in [3.05, 3.63) is 24.0 Å². The molecular weight excluding hydrogens is 344 g/mol. The average Bonchev–Trinajstić information content (AvgIpc) is 2.93. The van der Waals surface area contributed by atoms with E-state index >= 15 is 0 Å². The van der Waals surface area contributed by atoms with Gasteiger partial charge in [-0.1, -0.05) is 0 Å². The molecule has 0 aliphatic carbocycles. The van der Waals surface area contributed by atoms with Gasteiger partial charge in [0, 0.05) is 51.0 Å². The number of rotatable bonds is 3. The molecule has 3 heterocycles. The summed E-state index contributed by atoms with van der Waals surface area (Å²) >= 11 is 0. The first kappa shape index (κ1) is 17.7. The number of nitrogens with one attached hydrogen (secondary N) is 1. The summed E-state index contributed by atoms with van der Waals surface area (Å²) in [6.07, 6.45) is 2.12. The molecule has 0 saturated carbocycles. The van der Waals surface area contributed by atoms with Gasteiger partial charge in [-0.3, -0.25) is 14.6 Å². The molecule has 1 unspecified atom stereocenters. The second kappa shape index (κ2) is 6.99. The van der Waals surface area contributed by atoms with Gasteiger partial charge in [-0.15, -0.1) is 0 Å². The molecular formula is C16H22N4O4S. The molecule has 8 nitrogen and oxygen atoms in total. The van der Waals surface area contributed by atoms with Gasteiger partial charge in [0.15, 0.2) is 9.84 Å². The summed E-state index contributed by atoms with van der Waals surface area (Å²) in [7, 11) is -2.96. The second-order valence-corrected chi connectivity index (χ2v) is 8.70. The zero-order chi connectivity index (χ0) is 18.0. The fourth-order valence-corrected chi connectivity index (χ4v) is 4.84. The van der Waals surface area contributed by atoms with Crippen molar-refractivity contribution in [1.29, 1.82) is 0 Å². The predicted octanol–water partition coefficient (Wildman–Crippen LogP) is -0.0151. The molecule has 0 radical (unpaired) electrons. The van der Waals surface area contributed by atoms with Crippen LogP contribution in [-0.2, 0) is 14.6 Å². The first-order valence-corrected chi connectivity index (χ1v) is 10.1. The van der Waals surface area contributed by atoms with Crippen LogP contribution in [0.15, 0.2) is 18.3 Å². The van der Waals surface area contributed by atoms with Gasteiger partial charge >= 0.3 is 0 Å². The molecule has 1 aromatic heterocycles. The Hall–Kier alpha value is -2.16. The highest BCUT2D eigenvalue weighted by molar-refractivity contribution is 7.91. The molecule has 1 aromatic rings. The predicted molar refractivity (Wildman–Crippen MR) is 93.1 cm³/mol. The molecule has 1 atom stereocenters. The topological polar surface area (TPSA) is 99.7 Å². The van der Waals surface area contributed by atoms with Crippen molar-refractivity contribution >= 4 is 27.3 Å². The molecule has 0 spiro atoms. The molecule has 3 rings (SSSR count). The monoisotopic (exact) mass is 366 g/mol. The third kappa shape index (κ3) is 4.28. The molecule has 136 valence electrons. The number of anilines is 1. The van der Waals surface area contributed by atoms with Crippen LogP contribution in [0, 0.1) is 0 Å². The Bertz CT molecular complexity index is 772. The highest BCUT2D eigenvalue weighted by Crippen LogP contribution is 2.18. The number of amides is 2. The third-order valence-corrected chi connectivity index (χ3v) is 6.36. The van der Waals surface area contributed by atoms with Gasteiger partial charge in [-0.05, 0) is 18.6 Å². The zero-order valence-electron chi connectivity index (χ0n) is 14.1. The quantitative estimate of drug-likeness (QED) is 0.807. The van der Waals surface area contributed by atoms with Crippen molar-refractivity contribution in [3.63, 3.8) is 0 Å². The minimum atomic E-state index is -2.96. The van der Waals surface area contributed by atoms with E-state index in [-0.39, 0.29) is 29.4 Å². The first-order valence-electron chi connectivity index (χ1n) is 8.32. The van der Waals surface area contributed by atoms with Crippen molar-refractivity contribution in [1.82, 2.24) is 14.8 Å². The van der Waals surface area contributed by atoms with E-state index in [1.807, 2.05) is 0 Å². The van der Waals surface area contributed by atoms with Crippen LogP contribution in [0.1, 0.15) is 23.8 Å². The van der Waals surface area contributed by atoms with Gasteiger partial charge in [0.2, 0.25) is 5.91 Å². The Morgan fingerprint density at radius 2 is 1.88 bits per heavy atom. The molecule has 1 N–H and O–H groups in total. The number of piperazine rings is 1. The standard InChI is InChI=1S/C16H22N4O4S/c1-12(21)19-5-7-20(8-6-19)16(22)15-10-13(2-4-17-15)18-14-3-9-25(23,24)11-14/h2,4,10,14H,3,5-9,11H2,1H3,(H,17,18). The van der Waals surface area contributed by atoms with Crippen LogP contribution >= 0.6 is 0 Å². The highest BCUT2D eigenvalue weighted by Gasteiger charge is 2.28. The van der Waals surface area contributed by atoms with Crippen molar-refractivity contribution in [2.45, 2.75) is 19.4 Å². The summed E-state index contributed by atoms with van der Waals surface area (Å²) in [5.41, 5.74) is 1.02. The summed E-state index contributed by atoms with van der Waals surface area (Å²) in [6.45, 7) is 3.55. The lowest BCUT2D eigenvalue weighted by Gasteiger charge is -2.34. The van der Waals surface area contributed by atoms with E-state index in [2.05, 4.69) is 10.3 Å². The number of carbonyl (C=O) groups excluding carboxylic acids is 2. The second-order valence-electron chi connectivity index (χ2n) is 6.47. The normalized spacial score (nSPS) is 22.7. The summed E-state index contributed by atoms with van der Waals surface area (Å²) in [6, 6.07) is 3.26. The number of pyridine rings is 1. The van der Waals surface area contributed by atoms with Gasteiger partial charge in [0.1, 0.15) is 5.69 Å². The molecule has 2 saturated heterocycles. The Morgan fingerprint density at radius 3 is 2.48 bits per heavy atom. The molecule has 9 heteroatoms. The maximum atomic E-state index is 12.6. The maximum absolute atomic E-state index is 12.6. The molecule has 0 aromatic carbocycles. The lowest BCUT2D eigenvalue weighted by Crippen LogP contribution is -2.50. The van der Waals surface area contributed by atoms with Crippen LogP contribution in [0.3, 0.4) is 0 Å². The minimum Gasteiger partial charge on any atom is -0.381 e. The van der Waals surface area contributed by atoms with Crippen LogP contribution in [0.5, 0.6) is 0 Å². The van der Waals surface area contributed by atoms with Gasteiger partial charge in [-0.2, -0.15) is 0 Å². The first-order chi connectivity index (χ1) is 11.8. The number of hydrogen-bond donors (Lipinski definition) is 1.